The van der Waals surface area contributed by atoms with Crippen molar-refractivity contribution in [3.8, 4) is 5.75 Å². The third kappa shape index (κ3) is 5.75. The summed E-state index contributed by atoms with van der Waals surface area (Å²) in [5.74, 6) is 0.346. The summed E-state index contributed by atoms with van der Waals surface area (Å²) >= 11 is 1.38. The maximum atomic E-state index is 11.7. The lowest BCUT2D eigenvalue weighted by Crippen LogP contribution is -2.36. The molecule has 0 unspecified atom stereocenters. The maximum absolute atomic E-state index is 11.7. The zero-order valence-electron chi connectivity index (χ0n) is 13.2. The molecule has 2 rings (SSSR count). The Hall–Kier alpha value is -2.34. The van der Waals surface area contributed by atoms with E-state index in [1.54, 1.807) is 6.07 Å². The normalized spacial score (nSPS) is 10.2. The Labute approximate surface area is 139 Å². The van der Waals surface area contributed by atoms with Crippen molar-refractivity contribution < 1.29 is 14.3 Å². The predicted molar refractivity (Wildman–Crippen MR) is 91.1 cm³/mol. The number of carbonyl (C=O) groups is 2. The number of ether oxygens (including phenoxy) is 1. The summed E-state index contributed by atoms with van der Waals surface area (Å²) in [6.45, 7) is 4.67. The first-order valence-electron chi connectivity index (χ1n) is 7.34. The average molecular weight is 332 g/mol. The van der Waals surface area contributed by atoms with Crippen LogP contribution in [-0.2, 0) is 4.79 Å². The number of thiophene rings is 1. The van der Waals surface area contributed by atoms with Gasteiger partial charge < -0.3 is 15.4 Å². The van der Waals surface area contributed by atoms with Gasteiger partial charge in [0.2, 0.25) is 0 Å². The van der Waals surface area contributed by atoms with E-state index in [-0.39, 0.29) is 18.4 Å². The van der Waals surface area contributed by atoms with Gasteiger partial charge in [-0.15, -0.1) is 11.3 Å². The fourth-order valence-corrected chi connectivity index (χ4v) is 2.73. The molecule has 0 radical (unpaired) electrons. The van der Waals surface area contributed by atoms with Crippen molar-refractivity contribution >= 4 is 23.2 Å². The molecule has 1 aromatic carbocycles. The van der Waals surface area contributed by atoms with Crippen LogP contribution in [-0.4, -0.2) is 31.5 Å². The first-order valence-corrected chi connectivity index (χ1v) is 8.22. The Bertz CT molecular complexity index is 648. The minimum absolute atomic E-state index is 0.0399. The van der Waals surface area contributed by atoms with Gasteiger partial charge in [0, 0.05) is 13.1 Å². The number of aryl methyl sites for hydroxylation is 2. The lowest BCUT2D eigenvalue weighted by molar-refractivity contribution is -0.123. The third-order valence-electron chi connectivity index (χ3n) is 3.04. The van der Waals surface area contributed by atoms with E-state index in [0.29, 0.717) is 23.7 Å². The first-order chi connectivity index (χ1) is 11.0. The monoisotopic (exact) mass is 332 g/mol. The van der Waals surface area contributed by atoms with Gasteiger partial charge in [0.05, 0.1) is 4.88 Å². The van der Waals surface area contributed by atoms with E-state index in [0.717, 1.165) is 11.1 Å². The highest BCUT2D eigenvalue weighted by molar-refractivity contribution is 7.12. The molecule has 0 bridgehead atoms. The number of benzene rings is 1. The van der Waals surface area contributed by atoms with Crippen molar-refractivity contribution in [3.63, 3.8) is 0 Å². The quantitative estimate of drug-likeness (QED) is 0.765. The van der Waals surface area contributed by atoms with Crippen molar-refractivity contribution in [2.75, 3.05) is 19.7 Å². The topological polar surface area (TPSA) is 67.4 Å². The highest BCUT2D eigenvalue weighted by atomic mass is 32.1. The van der Waals surface area contributed by atoms with Crippen molar-refractivity contribution in [1.29, 1.82) is 0 Å². The molecule has 1 heterocycles. The lowest BCUT2D eigenvalue weighted by atomic mass is 10.1. The summed E-state index contributed by atoms with van der Waals surface area (Å²) in [6, 6.07) is 9.41. The molecule has 0 aliphatic carbocycles. The molecular weight excluding hydrogens is 312 g/mol. The number of hydrogen-bond acceptors (Lipinski definition) is 4. The smallest absolute Gasteiger partial charge is 0.261 e. The van der Waals surface area contributed by atoms with E-state index in [1.165, 1.54) is 11.3 Å². The molecule has 0 spiro atoms. The first kappa shape index (κ1) is 17.0. The standard InChI is InChI=1S/C17H20N2O3S/c1-12-8-13(2)10-14(9-12)22-11-16(20)18-5-6-19-17(21)15-4-3-7-23-15/h3-4,7-10H,5-6,11H2,1-2H3,(H,18,20)(H,19,21). The van der Waals surface area contributed by atoms with Crippen LogP contribution < -0.4 is 15.4 Å². The Kier molecular flexibility index (Phi) is 6.17. The van der Waals surface area contributed by atoms with Crippen LogP contribution in [0.15, 0.2) is 35.7 Å². The van der Waals surface area contributed by atoms with Gasteiger partial charge in [0.15, 0.2) is 6.61 Å². The van der Waals surface area contributed by atoms with Gasteiger partial charge in [-0.1, -0.05) is 12.1 Å². The molecule has 0 saturated heterocycles. The Morgan fingerprint density at radius 2 is 1.78 bits per heavy atom. The van der Waals surface area contributed by atoms with Crippen LogP contribution in [0, 0.1) is 13.8 Å². The van der Waals surface area contributed by atoms with Crippen molar-refractivity contribution in [3.05, 3.63) is 51.7 Å². The fourth-order valence-electron chi connectivity index (χ4n) is 2.09. The molecule has 5 nitrogen and oxygen atoms in total. The molecular formula is C17H20N2O3S. The van der Waals surface area contributed by atoms with Gasteiger partial charge >= 0.3 is 0 Å². The van der Waals surface area contributed by atoms with E-state index < -0.39 is 0 Å². The molecule has 0 aliphatic rings. The second-order valence-corrected chi connectivity index (χ2v) is 6.14. The number of amides is 2. The molecule has 2 amide bonds. The molecule has 2 N–H and O–H groups in total. The van der Waals surface area contributed by atoms with Gasteiger partial charge in [-0.25, -0.2) is 0 Å². The Morgan fingerprint density at radius 1 is 1.09 bits per heavy atom. The van der Waals surface area contributed by atoms with E-state index in [4.69, 9.17) is 4.74 Å². The zero-order chi connectivity index (χ0) is 16.7. The van der Waals surface area contributed by atoms with Crippen LogP contribution in [0.2, 0.25) is 0 Å². The highest BCUT2D eigenvalue weighted by Crippen LogP contribution is 2.15. The Balaban J connectivity index is 1.64. The fraction of sp³-hybridized carbons (Fsp3) is 0.294. The van der Waals surface area contributed by atoms with Crippen LogP contribution in [0.25, 0.3) is 0 Å². The van der Waals surface area contributed by atoms with Crippen molar-refractivity contribution in [1.82, 2.24) is 10.6 Å². The molecule has 0 atom stereocenters. The molecule has 0 saturated carbocycles. The predicted octanol–water partition coefficient (Wildman–Crippen LogP) is 2.29. The van der Waals surface area contributed by atoms with Gasteiger partial charge in [-0.05, 0) is 48.6 Å². The SMILES string of the molecule is Cc1cc(C)cc(OCC(=O)NCCNC(=O)c2cccs2)c1. The largest absolute Gasteiger partial charge is 0.484 e. The molecule has 0 fully saturated rings. The second-order valence-electron chi connectivity index (χ2n) is 5.20. The number of carbonyl (C=O) groups excluding carboxylic acids is 2. The minimum Gasteiger partial charge on any atom is -0.484 e. The van der Waals surface area contributed by atoms with E-state index in [1.807, 2.05) is 43.5 Å². The molecule has 1 aromatic heterocycles. The second kappa shape index (κ2) is 8.33. The molecule has 122 valence electrons. The van der Waals surface area contributed by atoms with E-state index in [2.05, 4.69) is 10.6 Å². The number of hydrogen-bond donors (Lipinski definition) is 2. The van der Waals surface area contributed by atoms with Crippen LogP contribution >= 0.6 is 11.3 Å². The van der Waals surface area contributed by atoms with Crippen LogP contribution in [0.5, 0.6) is 5.75 Å². The summed E-state index contributed by atoms with van der Waals surface area (Å²) in [5.41, 5.74) is 2.19. The Morgan fingerprint density at radius 3 is 2.43 bits per heavy atom. The van der Waals surface area contributed by atoms with Crippen LogP contribution in [0.1, 0.15) is 20.8 Å². The van der Waals surface area contributed by atoms with Crippen molar-refractivity contribution in [2.45, 2.75) is 13.8 Å². The zero-order valence-corrected chi connectivity index (χ0v) is 14.0. The number of nitrogens with one attached hydrogen (secondary N) is 2. The average Bonchev–Trinajstić information content (AvgIpc) is 3.03. The van der Waals surface area contributed by atoms with Crippen LogP contribution in [0.3, 0.4) is 0 Å². The van der Waals surface area contributed by atoms with E-state index in [9.17, 15) is 9.59 Å². The minimum atomic E-state index is -0.213. The van der Waals surface area contributed by atoms with Gasteiger partial charge in [0.1, 0.15) is 5.75 Å². The van der Waals surface area contributed by atoms with Gasteiger partial charge in [-0.3, -0.25) is 9.59 Å². The number of rotatable bonds is 7. The highest BCUT2D eigenvalue weighted by Gasteiger charge is 2.06. The molecule has 6 heteroatoms. The molecule has 23 heavy (non-hydrogen) atoms. The van der Waals surface area contributed by atoms with E-state index >= 15 is 0 Å². The summed E-state index contributed by atoms with van der Waals surface area (Å²) < 4.78 is 5.47. The lowest BCUT2D eigenvalue weighted by Gasteiger charge is -2.09. The van der Waals surface area contributed by atoms with Gasteiger partial charge in [0.25, 0.3) is 11.8 Å². The summed E-state index contributed by atoms with van der Waals surface area (Å²) in [6.07, 6.45) is 0. The maximum Gasteiger partial charge on any atom is 0.261 e. The van der Waals surface area contributed by atoms with Crippen molar-refractivity contribution in [2.24, 2.45) is 0 Å². The van der Waals surface area contributed by atoms with Crippen LogP contribution in [0.4, 0.5) is 0 Å². The molecule has 2 aromatic rings. The summed E-state index contributed by atoms with van der Waals surface area (Å²) in [5, 5.41) is 7.30. The summed E-state index contributed by atoms with van der Waals surface area (Å²) in [4.78, 5) is 24.1. The molecule has 0 aliphatic heterocycles. The summed E-state index contributed by atoms with van der Waals surface area (Å²) in [7, 11) is 0. The third-order valence-corrected chi connectivity index (χ3v) is 3.91. The van der Waals surface area contributed by atoms with Gasteiger partial charge in [-0.2, -0.15) is 0 Å².